The van der Waals surface area contributed by atoms with Crippen LogP contribution in [0.3, 0.4) is 0 Å². The average molecular weight is 1430 g/mol. The Morgan fingerprint density at radius 2 is 0.524 bits per heavy atom. The second-order valence-corrected chi connectivity index (χ2v) is 28.7. The summed E-state index contributed by atoms with van der Waals surface area (Å²) in [5.41, 5.74) is 0. The van der Waals surface area contributed by atoms with Crippen LogP contribution >= 0.6 is 0 Å². The molecule has 0 aliphatic heterocycles. The Bertz CT molecular complexity index is 2360. The molecule has 103 heavy (non-hydrogen) atoms. The van der Waals surface area contributed by atoms with Crippen molar-refractivity contribution in [3.8, 4) is 0 Å². The molecule has 0 amide bonds. The molecule has 584 valence electrons. The summed E-state index contributed by atoms with van der Waals surface area (Å²) in [5.74, 6) is -2.29. The smallest absolute Gasteiger partial charge is 0.306 e. The number of hydrogen-bond acceptors (Lipinski definition) is 8. The first kappa shape index (κ1) is 97.4. The van der Waals surface area contributed by atoms with Crippen molar-refractivity contribution in [3.05, 3.63) is 182 Å². The number of ether oxygens (including phenoxy) is 4. The first-order chi connectivity index (χ1) is 50.6. The van der Waals surface area contributed by atoms with Gasteiger partial charge in [0.2, 0.25) is 0 Å². The molecule has 2 unspecified atom stereocenters. The van der Waals surface area contributed by atoms with E-state index in [1.165, 1.54) is 161 Å². The quantitative estimate of drug-likeness (QED) is 0.0195. The molecule has 0 aromatic rings. The van der Waals surface area contributed by atoms with Gasteiger partial charge in [0.25, 0.3) is 0 Å². The number of allylic oxidation sites excluding steroid dienone is 30. The fraction of sp³-hybridized carbons (Fsp3) is 0.649. The molecule has 0 aliphatic carbocycles. The maximum Gasteiger partial charge on any atom is 0.306 e. The number of esters is 2. The van der Waals surface area contributed by atoms with E-state index in [1.807, 2.05) is 21.1 Å². The molecule has 0 rings (SSSR count). The molecular weight excluding hydrogens is 1270 g/mol. The fourth-order valence-electron chi connectivity index (χ4n) is 11.4. The minimum atomic E-state index is -1.63. The van der Waals surface area contributed by atoms with Gasteiger partial charge in [-0.15, -0.1) is 0 Å². The number of carbonyl (C=O) groups excluding carboxylic acids is 3. The monoisotopic (exact) mass is 1430 g/mol. The molecule has 0 saturated carbocycles. The van der Waals surface area contributed by atoms with E-state index in [0.29, 0.717) is 17.4 Å². The molecule has 9 nitrogen and oxygen atoms in total. The van der Waals surface area contributed by atoms with Crippen molar-refractivity contribution in [1.82, 2.24) is 0 Å². The molecule has 2 atom stereocenters. The molecule has 0 N–H and O–H groups in total. The Morgan fingerprint density at radius 1 is 0.291 bits per heavy atom. The van der Waals surface area contributed by atoms with Crippen molar-refractivity contribution >= 4 is 17.9 Å². The molecule has 0 aliphatic rings. The first-order valence-electron chi connectivity index (χ1n) is 41.9. The summed E-state index contributed by atoms with van der Waals surface area (Å²) in [5, 5.41) is 11.9. The van der Waals surface area contributed by atoms with Crippen LogP contribution in [-0.2, 0) is 33.3 Å². The van der Waals surface area contributed by atoms with Crippen molar-refractivity contribution < 1.29 is 42.9 Å². The number of nitrogens with zero attached hydrogens (tertiary/aromatic N) is 1. The maximum atomic E-state index is 13.0. The summed E-state index contributed by atoms with van der Waals surface area (Å²) in [6, 6.07) is 0. The predicted octanol–water partition coefficient (Wildman–Crippen LogP) is 26.1. The number of aliphatic carboxylic acids is 1. The molecule has 0 aromatic carbocycles. The van der Waals surface area contributed by atoms with E-state index < -0.39 is 24.3 Å². The summed E-state index contributed by atoms with van der Waals surface area (Å²) in [6.07, 6.45) is 122. The van der Waals surface area contributed by atoms with Crippen molar-refractivity contribution in [2.24, 2.45) is 0 Å². The van der Waals surface area contributed by atoms with Crippen LogP contribution in [0.2, 0.25) is 0 Å². The number of carboxylic acids is 1. The SMILES string of the molecule is CC/C=C\C/C=C\C/C=C\C/C=C\C/C=C\C/C=C\C/C=C\C/C=C\C/C=C\CCCCCCCCCCCC(=O)OC(COC(=O)CCCCCCCCCCCCCCCCCCCCCCCC/C=C\C/C=C\C/C=C\C/C=C\C/C=C\C/C=C\CC)COC(OCC[N+](C)(C)C)C(=O)[O-]. The van der Waals surface area contributed by atoms with Crippen LogP contribution in [-0.4, -0.2) is 82.3 Å². The van der Waals surface area contributed by atoms with Crippen LogP contribution in [0.25, 0.3) is 0 Å². The number of hydrogen-bond donors (Lipinski definition) is 0. The van der Waals surface area contributed by atoms with E-state index in [-0.39, 0.29) is 38.6 Å². The fourth-order valence-corrected chi connectivity index (χ4v) is 11.4. The minimum absolute atomic E-state index is 0.140. The van der Waals surface area contributed by atoms with E-state index in [1.54, 1.807) is 0 Å². The van der Waals surface area contributed by atoms with Crippen molar-refractivity contribution in [1.29, 1.82) is 0 Å². The highest BCUT2D eigenvalue weighted by Crippen LogP contribution is 2.18. The van der Waals surface area contributed by atoms with Gasteiger partial charge in [0, 0.05) is 12.8 Å². The third-order valence-electron chi connectivity index (χ3n) is 17.6. The normalized spacial score (nSPS) is 13.6. The minimum Gasteiger partial charge on any atom is -0.545 e. The van der Waals surface area contributed by atoms with Crippen molar-refractivity contribution in [2.45, 2.75) is 347 Å². The highest BCUT2D eigenvalue weighted by atomic mass is 16.7. The van der Waals surface area contributed by atoms with Gasteiger partial charge in [-0.1, -0.05) is 369 Å². The van der Waals surface area contributed by atoms with E-state index >= 15 is 0 Å². The third kappa shape index (κ3) is 83.5. The summed E-state index contributed by atoms with van der Waals surface area (Å²) in [4.78, 5) is 37.7. The highest BCUT2D eigenvalue weighted by Gasteiger charge is 2.22. The number of carbonyl (C=O) groups is 3. The van der Waals surface area contributed by atoms with E-state index in [2.05, 4.69) is 196 Å². The lowest BCUT2D eigenvalue weighted by atomic mass is 10.0. The van der Waals surface area contributed by atoms with Crippen LogP contribution in [0, 0.1) is 0 Å². The van der Waals surface area contributed by atoms with Gasteiger partial charge < -0.3 is 33.3 Å². The van der Waals surface area contributed by atoms with Crippen LogP contribution in [0.1, 0.15) is 335 Å². The Hall–Kier alpha value is -5.61. The molecule has 0 spiro atoms. The van der Waals surface area contributed by atoms with Gasteiger partial charge in [-0.2, -0.15) is 0 Å². The number of quaternary nitrogens is 1. The Morgan fingerprint density at radius 3 is 0.777 bits per heavy atom. The Kier molecular flexibility index (Phi) is 77.6. The van der Waals surface area contributed by atoms with Crippen molar-refractivity contribution in [2.75, 3.05) is 47.5 Å². The maximum absolute atomic E-state index is 13.0. The third-order valence-corrected chi connectivity index (χ3v) is 17.6. The molecule has 0 fully saturated rings. The summed E-state index contributed by atoms with van der Waals surface area (Å²) in [7, 11) is 5.93. The van der Waals surface area contributed by atoms with Crippen LogP contribution in [0.15, 0.2) is 182 Å². The van der Waals surface area contributed by atoms with Gasteiger partial charge in [0.05, 0.1) is 40.3 Å². The Labute approximate surface area is 634 Å². The zero-order valence-electron chi connectivity index (χ0n) is 66.9. The average Bonchev–Trinajstić information content (AvgIpc) is 1.16. The second-order valence-electron chi connectivity index (χ2n) is 28.7. The van der Waals surface area contributed by atoms with Crippen LogP contribution < -0.4 is 5.11 Å². The summed E-state index contributed by atoms with van der Waals surface area (Å²) in [6.45, 7) is 4.53. The molecule has 9 heteroatoms. The molecule has 0 saturated heterocycles. The first-order valence-corrected chi connectivity index (χ1v) is 41.9. The molecule has 0 heterocycles. The second kappa shape index (κ2) is 82.1. The summed E-state index contributed by atoms with van der Waals surface area (Å²) >= 11 is 0. The van der Waals surface area contributed by atoms with Gasteiger partial charge >= 0.3 is 11.9 Å². The predicted molar refractivity (Wildman–Crippen MR) is 444 cm³/mol. The Balaban J connectivity index is 4.05. The number of unbranched alkanes of at least 4 members (excludes halogenated alkanes) is 31. The van der Waals surface area contributed by atoms with Crippen LogP contribution in [0.5, 0.6) is 0 Å². The van der Waals surface area contributed by atoms with Gasteiger partial charge in [-0.05, 0) is 135 Å². The number of likely N-dealkylation sites (N-methyl/N-ethyl adjacent to an activating group) is 1. The lowest BCUT2D eigenvalue weighted by Crippen LogP contribution is -2.44. The van der Waals surface area contributed by atoms with Gasteiger partial charge in [-0.25, -0.2) is 0 Å². The zero-order chi connectivity index (χ0) is 74.6. The highest BCUT2D eigenvalue weighted by molar-refractivity contribution is 5.70. The van der Waals surface area contributed by atoms with Crippen molar-refractivity contribution in [3.63, 3.8) is 0 Å². The standard InChI is InChI=1S/C94H155NO8/c1-6-8-10-12-14-16-18-20-22-24-26-28-30-32-34-36-38-40-42-44-45-46-47-49-50-52-54-56-58-60-62-64-66-68-70-72-74-76-78-80-82-84-91(96)101-88-90(89-102-94(93(98)99)100-87-86-95(3,4)5)103-92(97)85-83-81-79-77-75-73-71-69-67-65-63-61-59-57-55-53-51-48-43-41-39-37-35-33-31-29-27-25-23-21-19-17-15-13-11-9-7-2/h8-11,14-17,20-23,26-29,32-35,38-41,48,51,55,57,61,63,90,94H,6-7,12-13,18-19,24-25,30-31,36-37,42-47,49-50,52-54,56,58-60,62,64-89H2,1-5H3/b10-8-,11-9-,16-14-,17-15-,22-20-,23-21-,28-26-,29-27-,34-32-,35-33-,40-38-,41-39-,51-48-,57-55-,63-61-. The molecule has 0 radical (unpaired) electrons. The van der Waals surface area contributed by atoms with E-state index in [9.17, 15) is 19.5 Å². The van der Waals surface area contributed by atoms with Crippen LogP contribution in [0.4, 0.5) is 0 Å². The molecular formula is C94H155NO8. The van der Waals surface area contributed by atoms with Gasteiger partial charge in [0.15, 0.2) is 12.4 Å². The number of rotatable bonds is 76. The molecule has 0 aromatic heterocycles. The zero-order valence-corrected chi connectivity index (χ0v) is 66.9. The van der Waals surface area contributed by atoms with E-state index in [4.69, 9.17) is 18.9 Å². The lowest BCUT2D eigenvalue weighted by molar-refractivity contribution is -0.870. The molecule has 0 bridgehead atoms. The largest absolute Gasteiger partial charge is 0.545 e. The van der Waals surface area contributed by atoms with E-state index in [0.717, 1.165) is 141 Å². The topological polar surface area (TPSA) is 111 Å². The van der Waals surface area contributed by atoms with Gasteiger partial charge in [0.1, 0.15) is 13.2 Å². The lowest BCUT2D eigenvalue weighted by Gasteiger charge is -2.26. The van der Waals surface area contributed by atoms with Gasteiger partial charge in [-0.3, -0.25) is 9.59 Å². The summed E-state index contributed by atoms with van der Waals surface area (Å²) < 4.78 is 22.9. The number of carboxylic acid groups (broad SMARTS) is 1.